The van der Waals surface area contributed by atoms with Crippen molar-refractivity contribution in [3.63, 3.8) is 0 Å². The van der Waals surface area contributed by atoms with Crippen LogP contribution in [0.5, 0.6) is 0 Å². The molecule has 1 N–H and O–H groups in total. The Hall–Kier alpha value is -0.610. The summed E-state index contributed by atoms with van der Waals surface area (Å²) in [6, 6.07) is 0.243. The maximum atomic E-state index is 11.2. The first-order valence-electron chi connectivity index (χ1n) is 6.33. The maximum Gasteiger partial charge on any atom is 0.308 e. The Balaban J connectivity index is 2.00. The number of hydrogen-bond donors (Lipinski definition) is 1. The average Bonchev–Trinajstić information content (AvgIpc) is 2.57. The van der Waals surface area contributed by atoms with Crippen LogP contribution >= 0.6 is 0 Å². The van der Waals surface area contributed by atoms with Crippen molar-refractivity contribution in [3.8, 4) is 0 Å². The first-order valence-corrected chi connectivity index (χ1v) is 6.33. The summed E-state index contributed by atoms with van der Waals surface area (Å²) in [6.07, 6.45) is 5.15. The fraction of sp³-hybridized carbons (Fsp3) is 0.917. The van der Waals surface area contributed by atoms with Gasteiger partial charge >= 0.3 is 5.97 Å². The molecule has 1 heterocycles. The van der Waals surface area contributed by atoms with Crippen molar-refractivity contribution in [3.05, 3.63) is 0 Å². The zero-order valence-corrected chi connectivity index (χ0v) is 9.73. The van der Waals surface area contributed by atoms with Gasteiger partial charge in [0.1, 0.15) is 0 Å². The molecular formula is C12H21NO3. The molecule has 2 fully saturated rings. The molecule has 0 aromatic rings. The summed E-state index contributed by atoms with van der Waals surface area (Å²) in [7, 11) is 0. The van der Waals surface area contributed by atoms with Crippen molar-refractivity contribution in [2.45, 2.75) is 38.1 Å². The van der Waals surface area contributed by atoms with Crippen LogP contribution in [-0.4, -0.2) is 48.3 Å². The van der Waals surface area contributed by atoms with Gasteiger partial charge in [-0.05, 0) is 19.3 Å². The smallest absolute Gasteiger partial charge is 0.308 e. The Morgan fingerprint density at radius 1 is 1.12 bits per heavy atom. The molecule has 1 saturated heterocycles. The normalized spacial score (nSPS) is 33.2. The van der Waals surface area contributed by atoms with Crippen LogP contribution in [0.1, 0.15) is 32.1 Å². The molecule has 0 radical (unpaired) electrons. The minimum absolute atomic E-state index is 0.160. The first kappa shape index (κ1) is 11.9. The number of nitrogens with zero attached hydrogens (tertiary/aromatic N) is 1. The van der Waals surface area contributed by atoms with Gasteiger partial charge < -0.3 is 9.84 Å². The Kier molecular flexibility index (Phi) is 4.18. The third-order valence-electron chi connectivity index (χ3n) is 3.77. The lowest BCUT2D eigenvalue weighted by molar-refractivity contribution is -0.145. The van der Waals surface area contributed by atoms with Gasteiger partial charge in [0.25, 0.3) is 0 Å². The van der Waals surface area contributed by atoms with Crippen LogP contribution in [0.4, 0.5) is 0 Å². The Labute approximate surface area is 96.6 Å². The van der Waals surface area contributed by atoms with Crippen LogP contribution in [0.15, 0.2) is 0 Å². The summed E-state index contributed by atoms with van der Waals surface area (Å²) in [6.45, 7) is 3.46. The fourth-order valence-electron chi connectivity index (χ4n) is 2.93. The van der Waals surface area contributed by atoms with Crippen LogP contribution in [0.3, 0.4) is 0 Å². The molecule has 2 aliphatic rings. The van der Waals surface area contributed by atoms with Gasteiger partial charge in [-0.25, -0.2) is 0 Å². The molecule has 1 aliphatic heterocycles. The largest absolute Gasteiger partial charge is 0.481 e. The molecule has 0 aromatic heterocycles. The zero-order valence-electron chi connectivity index (χ0n) is 9.73. The molecule has 0 aromatic carbocycles. The lowest BCUT2D eigenvalue weighted by atomic mass is 9.83. The van der Waals surface area contributed by atoms with E-state index >= 15 is 0 Å². The Morgan fingerprint density at radius 3 is 2.75 bits per heavy atom. The molecule has 4 heteroatoms. The number of ether oxygens (including phenoxy) is 1. The summed E-state index contributed by atoms with van der Waals surface area (Å²) in [5.74, 6) is -0.776. The predicted octanol–water partition coefficient (Wildman–Crippen LogP) is 1.35. The second-order valence-corrected chi connectivity index (χ2v) is 4.80. The first-order chi connectivity index (χ1) is 7.79. The van der Waals surface area contributed by atoms with Gasteiger partial charge in [0.05, 0.1) is 12.5 Å². The number of carbonyl (C=O) groups is 1. The van der Waals surface area contributed by atoms with Crippen molar-refractivity contribution in [2.24, 2.45) is 5.92 Å². The van der Waals surface area contributed by atoms with Gasteiger partial charge in [0.2, 0.25) is 0 Å². The highest BCUT2D eigenvalue weighted by Crippen LogP contribution is 2.29. The van der Waals surface area contributed by atoms with E-state index in [0.717, 1.165) is 52.0 Å². The molecule has 16 heavy (non-hydrogen) atoms. The van der Waals surface area contributed by atoms with Crippen molar-refractivity contribution < 1.29 is 14.6 Å². The molecule has 1 saturated carbocycles. The van der Waals surface area contributed by atoms with E-state index < -0.39 is 5.97 Å². The number of hydrogen-bond acceptors (Lipinski definition) is 3. The summed E-state index contributed by atoms with van der Waals surface area (Å²) < 4.78 is 5.42. The van der Waals surface area contributed by atoms with E-state index in [1.54, 1.807) is 0 Å². The van der Waals surface area contributed by atoms with Crippen LogP contribution in [0.2, 0.25) is 0 Å². The summed E-state index contributed by atoms with van der Waals surface area (Å²) in [4.78, 5) is 13.6. The molecule has 2 atom stereocenters. The Bertz CT molecular complexity index is 236. The molecule has 2 rings (SSSR count). The lowest BCUT2D eigenvalue weighted by Crippen LogP contribution is -2.46. The third-order valence-corrected chi connectivity index (χ3v) is 3.77. The molecule has 0 bridgehead atoms. The molecule has 4 nitrogen and oxygen atoms in total. The maximum absolute atomic E-state index is 11.2. The third kappa shape index (κ3) is 2.74. The Morgan fingerprint density at radius 2 is 1.94 bits per heavy atom. The van der Waals surface area contributed by atoms with Crippen molar-refractivity contribution in [1.82, 2.24) is 4.90 Å². The minimum atomic E-state index is -0.616. The summed E-state index contributed by atoms with van der Waals surface area (Å²) in [5, 5.41) is 9.25. The van der Waals surface area contributed by atoms with E-state index in [4.69, 9.17) is 4.74 Å². The van der Waals surface area contributed by atoms with Gasteiger partial charge in [-0.2, -0.15) is 0 Å². The van der Waals surface area contributed by atoms with E-state index in [2.05, 4.69) is 4.90 Å². The molecule has 1 aliphatic carbocycles. The monoisotopic (exact) mass is 227 g/mol. The van der Waals surface area contributed by atoms with E-state index in [9.17, 15) is 9.90 Å². The second kappa shape index (κ2) is 5.64. The molecular weight excluding hydrogens is 206 g/mol. The van der Waals surface area contributed by atoms with Crippen LogP contribution in [-0.2, 0) is 9.53 Å². The second-order valence-electron chi connectivity index (χ2n) is 4.80. The average molecular weight is 227 g/mol. The topological polar surface area (TPSA) is 49.8 Å². The highest BCUT2D eigenvalue weighted by Gasteiger charge is 2.34. The molecule has 0 spiro atoms. The molecule has 2 unspecified atom stereocenters. The number of carboxylic acid groups (broad SMARTS) is 1. The quantitative estimate of drug-likeness (QED) is 0.773. The van der Waals surface area contributed by atoms with Crippen molar-refractivity contribution in [1.29, 1.82) is 0 Å². The summed E-state index contributed by atoms with van der Waals surface area (Å²) in [5.41, 5.74) is 0. The van der Waals surface area contributed by atoms with Crippen LogP contribution in [0, 0.1) is 5.92 Å². The van der Waals surface area contributed by atoms with Crippen molar-refractivity contribution >= 4 is 5.97 Å². The van der Waals surface area contributed by atoms with E-state index in [0.29, 0.717) is 0 Å². The predicted molar refractivity (Wildman–Crippen MR) is 60.4 cm³/mol. The standard InChI is InChI=1S/C12H21NO3/c14-12(15)10-4-1-2-5-11(10)13-6-3-8-16-9-7-13/h10-11H,1-9H2,(H,14,15). The minimum Gasteiger partial charge on any atom is -0.481 e. The van der Waals surface area contributed by atoms with Gasteiger partial charge in [0.15, 0.2) is 0 Å². The van der Waals surface area contributed by atoms with Crippen molar-refractivity contribution in [2.75, 3.05) is 26.3 Å². The molecule has 0 amide bonds. The van der Waals surface area contributed by atoms with E-state index in [1.807, 2.05) is 0 Å². The highest BCUT2D eigenvalue weighted by atomic mass is 16.5. The van der Waals surface area contributed by atoms with E-state index in [1.165, 1.54) is 6.42 Å². The summed E-state index contributed by atoms with van der Waals surface area (Å²) >= 11 is 0. The number of rotatable bonds is 2. The van der Waals surface area contributed by atoms with Gasteiger partial charge in [-0.3, -0.25) is 9.69 Å². The van der Waals surface area contributed by atoms with E-state index in [-0.39, 0.29) is 12.0 Å². The highest BCUT2D eigenvalue weighted by molar-refractivity contribution is 5.71. The van der Waals surface area contributed by atoms with Gasteiger partial charge in [-0.15, -0.1) is 0 Å². The zero-order chi connectivity index (χ0) is 11.4. The van der Waals surface area contributed by atoms with Crippen LogP contribution in [0.25, 0.3) is 0 Å². The lowest BCUT2D eigenvalue weighted by Gasteiger charge is -2.37. The van der Waals surface area contributed by atoms with Gasteiger partial charge in [0, 0.05) is 25.7 Å². The number of aliphatic carboxylic acids is 1. The van der Waals surface area contributed by atoms with Crippen LogP contribution < -0.4 is 0 Å². The van der Waals surface area contributed by atoms with Gasteiger partial charge in [-0.1, -0.05) is 12.8 Å². The number of carboxylic acids is 1. The fourth-order valence-corrected chi connectivity index (χ4v) is 2.93. The SMILES string of the molecule is O=C(O)C1CCCCC1N1CCCOCC1. The molecule has 92 valence electrons.